The van der Waals surface area contributed by atoms with E-state index in [2.05, 4.69) is 5.32 Å². The maximum absolute atomic E-state index is 13.3. The summed E-state index contributed by atoms with van der Waals surface area (Å²) in [5.74, 6) is 0.543. The van der Waals surface area contributed by atoms with Crippen LogP contribution in [-0.2, 0) is 26.2 Å². The van der Waals surface area contributed by atoms with Crippen molar-refractivity contribution in [3.63, 3.8) is 0 Å². The molecule has 36 heavy (non-hydrogen) atoms. The van der Waals surface area contributed by atoms with Crippen LogP contribution in [0.1, 0.15) is 32.3 Å². The number of amides is 2. The van der Waals surface area contributed by atoms with Gasteiger partial charge in [0.1, 0.15) is 17.5 Å². The first-order chi connectivity index (χ1) is 17.0. The summed E-state index contributed by atoms with van der Waals surface area (Å²) >= 11 is 6.18. The summed E-state index contributed by atoms with van der Waals surface area (Å²) in [4.78, 5) is 27.3. The molecule has 11 heteroatoms. The molecule has 0 aliphatic rings. The van der Waals surface area contributed by atoms with Gasteiger partial charge in [0.05, 0.1) is 31.2 Å². The molecule has 0 aromatic heterocycles. The van der Waals surface area contributed by atoms with Crippen molar-refractivity contribution in [1.29, 1.82) is 0 Å². The van der Waals surface area contributed by atoms with Crippen molar-refractivity contribution in [2.75, 3.05) is 37.9 Å². The lowest BCUT2D eigenvalue weighted by molar-refractivity contribution is -0.140. The molecule has 2 aromatic carbocycles. The van der Waals surface area contributed by atoms with Gasteiger partial charge in [0.2, 0.25) is 21.8 Å². The quantitative estimate of drug-likeness (QED) is 0.418. The third kappa shape index (κ3) is 8.03. The first kappa shape index (κ1) is 29.3. The van der Waals surface area contributed by atoms with Crippen molar-refractivity contribution < 1.29 is 27.5 Å². The van der Waals surface area contributed by atoms with Crippen LogP contribution in [0.25, 0.3) is 0 Å². The normalized spacial score (nSPS) is 11.9. The van der Waals surface area contributed by atoms with E-state index in [0.717, 1.165) is 11.8 Å². The number of methoxy groups -OCH3 is 2. The standard InChI is InChI=1S/C25H34ClN3O6S/c1-6-27-25(31)18(2)28(17-19-9-7-10-21(15-19)34-3)24(30)11-8-14-29(36(5,32)33)20-12-13-23(35-4)22(26)16-20/h7,9-10,12-13,15-16,18H,6,8,11,14,17H2,1-5H3,(H,27,31)/t18-/m1/s1. The van der Waals surface area contributed by atoms with E-state index in [9.17, 15) is 18.0 Å². The summed E-state index contributed by atoms with van der Waals surface area (Å²) in [5.41, 5.74) is 1.18. The Balaban J connectivity index is 2.19. The number of ether oxygens (including phenoxy) is 2. The van der Waals surface area contributed by atoms with Gasteiger partial charge in [0.15, 0.2) is 0 Å². The number of likely N-dealkylation sites (N-methyl/N-ethyl adjacent to an activating group) is 1. The third-order valence-electron chi connectivity index (χ3n) is 5.58. The van der Waals surface area contributed by atoms with Gasteiger partial charge in [-0.3, -0.25) is 13.9 Å². The molecule has 0 aliphatic carbocycles. The van der Waals surface area contributed by atoms with Gasteiger partial charge in [-0.05, 0) is 56.2 Å². The molecule has 0 fully saturated rings. The molecule has 0 bridgehead atoms. The Bertz CT molecular complexity index is 1160. The molecular formula is C25H34ClN3O6S. The van der Waals surface area contributed by atoms with Crippen LogP contribution in [0.4, 0.5) is 5.69 Å². The molecule has 0 aliphatic heterocycles. The van der Waals surface area contributed by atoms with Crippen LogP contribution in [0.15, 0.2) is 42.5 Å². The van der Waals surface area contributed by atoms with E-state index in [1.165, 1.54) is 22.4 Å². The Kier molecular flexibility index (Phi) is 10.9. The highest BCUT2D eigenvalue weighted by Gasteiger charge is 2.26. The summed E-state index contributed by atoms with van der Waals surface area (Å²) in [6.07, 6.45) is 1.38. The van der Waals surface area contributed by atoms with E-state index in [1.807, 2.05) is 25.1 Å². The molecule has 2 rings (SSSR count). The molecule has 0 heterocycles. The third-order valence-corrected chi connectivity index (χ3v) is 7.07. The van der Waals surface area contributed by atoms with E-state index >= 15 is 0 Å². The zero-order valence-corrected chi connectivity index (χ0v) is 22.9. The topological polar surface area (TPSA) is 105 Å². The Morgan fingerprint density at radius 3 is 2.42 bits per heavy atom. The van der Waals surface area contributed by atoms with E-state index < -0.39 is 16.1 Å². The number of sulfonamides is 1. The zero-order chi connectivity index (χ0) is 26.9. The SMILES string of the molecule is CCNC(=O)[C@@H](C)N(Cc1cccc(OC)c1)C(=O)CCCN(c1ccc(OC)c(Cl)c1)S(C)(=O)=O. The number of nitrogens with one attached hydrogen (secondary N) is 1. The molecule has 0 unspecified atom stereocenters. The lowest BCUT2D eigenvalue weighted by Gasteiger charge is -2.29. The van der Waals surface area contributed by atoms with Crippen LogP contribution in [0.2, 0.25) is 5.02 Å². The van der Waals surface area contributed by atoms with Crippen LogP contribution in [0.5, 0.6) is 11.5 Å². The van der Waals surface area contributed by atoms with Crippen molar-refractivity contribution in [2.24, 2.45) is 0 Å². The van der Waals surface area contributed by atoms with Crippen LogP contribution in [-0.4, -0.2) is 64.7 Å². The molecule has 198 valence electrons. The number of nitrogens with zero attached hydrogens (tertiary/aromatic N) is 2. The minimum Gasteiger partial charge on any atom is -0.497 e. The Labute approximate surface area is 218 Å². The fourth-order valence-electron chi connectivity index (χ4n) is 3.69. The van der Waals surface area contributed by atoms with Crippen LogP contribution >= 0.6 is 11.6 Å². The van der Waals surface area contributed by atoms with Gasteiger partial charge in [-0.2, -0.15) is 0 Å². The Morgan fingerprint density at radius 1 is 1.11 bits per heavy atom. The summed E-state index contributed by atoms with van der Waals surface area (Å²) in [6, 6.07) is 11.3. The number of carbonyl (C=O) groups is 2. The number of carbonyl (C=O) groups excluding carboxylic acids is 2. The van der Waals surface area contributed by atoms with Crippen molar-refractivity contribution in [3.05, 3.63) is 53.1 Å². The second-order valence-electron chi connectivity index (χ2n) is 8.20. The van der Waals surface area contributed by atoms with Crippen molar-refractivity contribution in [1.82, 2.24) is 10.2 Å². The van der Waals surface area contributed by atoms with Gasteiger partial charge < -0.3 is 19.7 Å². The monoisotopic (exact) mass is 539 g/mol. The Morgan fingerprint density at radius 2 is 1.83 bits per heavy atom. The Hall–Kier alpha value is -2.98. The van der Waals surface area contributed by atoms with Gasteiger partial charge in [-0.1, -0.05) is 23.7 Å². The number of halogens is 1. The number of rotatable bonds is 13. The van der Waals surface area contributed by atoms with Gasteiger partial charge in [0.25, 0.3) is 0 Å². The maximum Gasteiger partial charge on any atom is 0.242 e. The molecule has 2 amide bonds. The summed E-state index contributed by atoms with van der Waals surface area (Å²) in [7, 11) is -0.604. The first-order valence-electron chi connectivity index (χ1n) is 11.5. The molecule has 2 aromatic rings. The fourth-order valence-corrected chi connectivity index (χ4v) is 4.90. The highest BCUT2D eigenvalue weighted by atomic mass is 35.5. The molecule has 0 saturated carbocycles. The van der Waals surface area contributed by atoms with E-state index in [0.29, 0.717) is 23.7 Å². The summed E-state index contributed by atoms with van der Waals surface area (Å²) < 4.78 is 36.5. The van der Waals surface area contributed by atoms with Gasteiger partial charge in [0, 0.05) is 26.1 Å². The predicted octanol–water partition coefficient (Wildman–Crippen LogP) is 3.46. The van der Waals surface area contributed by atoms with E-state index in [1.54, 1.807) is 32.2 Å². The summed E-state index contributed by atoms with van der Waals surface area (Å²) in [6.45, 7) is 4.20. The number of anilines is 1. The van der Waals surface area contributed by atoms with Crippen molar-refractivity contribution in [2.45, 2.75) is 39.3 Å². The second-order valence-corrected chi connectivity index (χ2v) is 10.5. The van der Waals surface area contributed by atoms with Gasteiger partial charge >= 0.3 is 0 Å². The number of hydrogen-bond acceptors (Lipinski definition) is 6. The smallest absolute Gasteiger partial charge is 0.242 e. The van der Waals surface area contributed by atoms with Crippen LogP contribution in [0, 0.1) is 0 Å². The highest BCUT2D eigenvalue weighted by Crippen LogP contribution is 2.30. The molecule has 0 spiro atoms. The molecule has 9 nitrogen and oxygen atoms in total. The van der Waals surface area contributed by atoms with Crippen LogP contribution < -0.4 is 19.1 Å². The molecule has 1 atom stereocenters. The average molecular weight is 540 g/mol. The minimum absolute atomic E-state index is 0.0453. The largest absolute Gasteiger partial charge is 0.497 e. The molecule has 0 radical (unpaired) electrons. The first-order valence-corrected chi connectivity index (χ1v) is 13.8. The number of hydrogen-bond donors (Lipinski definition) is 1. The van der Waals surface area contributed by atoms with Crippen LogP contribution in [0.3, 0.4) is 0 Å². The van der Waals surface area contributed by atoms with E-state index in [-0.39, 0.29) is 42.8 Å². The summed E-state index contributed by atoms with van der Waals surface area (Å²) in [5, 5.41) is 3.03. The lowest BCUT2D eigenvalue weighted by Crippen LogP contribution is -2.47. The molecule has 0 saturated heterocycles. The number of benzene rings is 2. The maximum atomic E-state index is 13.3. The van der Waals surface area contributed by atoms with Crippen molar-refractivity contribution >= 4 is 39.1 Å². The van der Waals surface area contributed by atoms with Crippen molar-refractivity contribution in [3.8, 4) is 11.5 Å². The van der Waals surface area contributed by atoms with E-state index in [4.69, 9.17) is 21.1 Å². The fraction of sp³-hybridized carbons (Fsp3) is 0.440. The lowest BCUT2D eigenvalue weighted by atomic mass is 10.1. The average Bonchev–Trinajstić information content (AvgIpc) is 2.84. The van der Waals surface area contributed by atoms with Gasteiger partial charge in [-0.25, -0.2) is 8.42 Å². The highest BCUT2D eigenvalue weighted by molar-refractivity contribution is 7.92. The second kappa shape index (κ2) is 13.4. The van der Waals surface area contributed by atoms with Gasteiger partial charge in [-0.15, -0.1) is 0 Å². The minimum atomic E-state index is -3.63. The zero-order valence-electron chi connectivity index (χ0n) is 21.3. The molecule has 1 N–H and O–H groups in total. The predicted molar refractivity (Wildman–Crippen MR) is 141 cm³/mol. The molecular weight excluding hydrogens is 506 g/mol.